The first kappa shape index (κ1) is 22.7. The van der Waals surface area contributed by atoms with Gasteiger partial charge in [0.15, 0.2) is 0 Å². The van der Waals surface area contributed by atoms with Crippen LogP contribution in [0.3, 0.4) is 0 Å². The predicted molar refractivity (Wildman–Crippen MR) is 96.7 cm³/mol. The van der Waals surface area contributed by atoms with E-state index >= 15 is 4.39 Å². The average Bonchev–Trinajstić information content (AvgIpc) is 2.55. The van der Waals surface area contributed by atoms with Gasteiger partial charge in [-0.1, -0.05) is 0 Å². The van der Waals surface area contributed by atoms with Crippen molar-refractivity contribution in [3.05, 3.63) is 9.60 Å². The summed E-state index contributed by atoms with van der Waals surface area (Å²) < 4.78 is 28.3. The topological polar surface area (TPSA) is 35.5 Å². The molecule has 0 N–H and O–H groups in total. The summed E-state index contributed by atoms with van der Waals surface area (Å²) in [6.45, 7) is 8.38. The van der Waals surface area contributed by atoms with Crippen LogP contribution in [-0.2, 0) is 14.3 Å². The van der Waals surface area contributed by atoms with Gasteiger partial charge in [0.25, 0.3) is 0 Å². The number of halogens is 1. The van der Waals surface area contributed by atoms with Crippen LogP contribution in [-0.4, -0.2) is 38.1 Å². The number of carbonyl (C=O) groups excluding carboxylic acids is 1. The number of unbranched alkanes of at least 4 members (excludes halogenated alkanes) is 3. The minimum atomic E-state index is -3.25. The fraction of sp³-hybridized carbons (Fsp3) is 0.833. The summed E-state index contributed by atoms with van der Waals surface area (Å²) in [7, 11) is 1.38. The van der Waals surface area contributed by atoms with Crippen molar-refractivity contribution < 1.29 is 18.7 Å². The van der Waals surface area contributed by atoms with Crippen LogP contribution in [0.2, 0.25) is 13.3 Å². The molecule has 23 heavy (non-hydrogen) atoms. The van der Waals surface area contributed by atoms with Gasteiger partial charge in [0.05, 0.1) is 0 Å². The Bertz CT molecular complexity index is 348. The zero-order chi connectivity index (χ0) is 17.7. The molecule has 0 heterocycles. The van der Waals surface area contributed by atoms with Gasteiger partial charge in [-0.15, -0.1) is 0 Å². The Morgan fingerprint density at radius 1 is 0.913 bits per heavy atom. The summed E-state index contributed by atoms with van der Waals surface area (Å²) in [6.07, 6.45) is 6.30. The zero-order valence-corrected chi connectivity index (χ0v) is 18.5. The van der Waals surface area contributed by atoms with Crippen molar-refractivity contribution in [2.45, 2.75) is 79.5 Å². The van der Waals surface area contributed by atoms with Gasteiger partial charge in [-0.3, -0.25) is 0 Å². The van der Waals surface area contributed by atoms with Gasteiger partial charge < -0.3 is 0 Å². The molecule has 0 radical (unpaired) electrons. The summed E-state index contributed by atoms with van der Waals surface area (Å²) in [6, 6.07) is 0. The molecule has 0 aliphatic rings. The third-order valence-corrected chi connectivity index (χ3v) is 18.9. The van der Waals surface area contributed by atoms with Crippen molar-refractivity contribution in [3.8, 4) is 0 Å². The van der Waals surface area contributed by atoms with Gasteiger partial charge in [0, 0.05) is 0 Å². The van der Waals surface area contributed by atoms with Crippen LogP contribution in [0.5, 0.6) is 0 Å². The van der Waals surface area contributed by atoms with Crippen LogP contribution in [0.4, 0.5) is 4.39 Å². The number of carbonyl (C=O) groups is 1. The number of methoxy groups -OCH3 is 1. The van der Waals surface area contributed by atoms with Crippen LogP contribution in [0, 0.1) is 0 Å². The van der Waals surface area contributed by atoms with E-state index in [4.69, 9.17) is 9.47 Å². The normalized spacial score (nSPS) is 12.8. The summed E-state index contributed by atoms with van der Waals surface area (Å²) in [5, 5.41) is 0. The van der Waals surface area contributed by atoms with Crippen molar-refractivity contribution in [1.29, 1.82) is 0 Å². The summed E-state index contributed by atoms with van der Waals surface area (Å²) in [5.74, 6) is -0.788. The molecule has 3 nitrogen and oxygen atoms in total. The molecule has 0 aromatic carbocycles. The van der Waals surface area contributed by atoms with Crippen LogP contribution in [0.1, 0.15) is 66.2 Å². The van der Waals surface area contributed by atoms with Crippen LogP contribution in [0.15, 0.2) is 9.60 Å². The van der Waals surface area contributed by atoms with E-state index in [0.717, 1.165) is 51.8 Å². The molecule has 0 atom stereocenters. The molecule has 0 rings (SSSR count). The van der Waals surface area contributed by atoms with Crippen molar-refractivity contribution >= 4 is 24.3 Å². The Morgan fingerprint density at radius 3 is 1.65 bits per heavy atom. The van der Waals surface area contributed by atoms with Crippen molar-refractivity contribution in [1.82, 2.24) is 0 Å². The van der Waals surface area contributed by atoms with Gasteiger partial charge >= 0.3 is 146 Å². The van der Waals surface area contributed by atoms with Crippen LogP contribution >= 0.6 is 0 Å². The van der Waals surface area contributed by atoms with E-state index < -0.39 is 24.3 Å². The fourth-order valence-corrected chi connectivity index (χ4v) is 17.7. The molecule has 0 unspecified atom stereocenters. The molecular weight excluding hydrogens is 402 g/mol. The van der Waals surface area contributed by atoms with Gasteiger partial charge in [0.2, 0.25) is 0 Å². The third-order valence-electron chi connectivity index (χ3n) is 4.36. The molecule has 136 valence electrons. The molecule has 0 fully saturated rings. The summed E-state index contributed by atoms with van der Waals surface area (Å²) in [5.41, 5.74) is 0. The fourth-order valence-electron chi connectivity index (χ4n) is 2.95. The average molecular weight is 437 g/mol. The minimum absolute atomic E-state index is 0.147. The molecule has 0 amide bonds. The third kappa shape index (κ3) is 7.44. The van der Waals surface area contributed by atoms with E-state index in [0.29, 0.717) is 0 Å². The first-order valence-corrected chi connectivity index (χ1v) is 16.6. The van der Waals surface area contributed by atoms with Gasteiger partial charge in [-0.05, 0) is 0 Å². The van der Waals surface area contributed by atoms with E-state index in [9.17, 15) is 4.79 Å². The number of hydrogen-bond donors (Lipinski definition) is 0. The maximum atomic E-state index is 15.5. The predicted octanol–water partition coefficient (Wildman–Crippen LogP) is 5.77. The van der Waals surface area contributed by atoms with E-state index in [2.05, 4.69) is 20.8 Å². The Balaban J connectivity index is 5.73. The first-order valence-electron chi connectivity index (χ1n) is 9.14. The Morgan fingerprint density at radius 2 is 1.35 bits per heavy atom. The number of hydrogen-bond acceptors (Lipinski definition) is 3. The Labute approximate surface area is 145 Å². The zero-order valence-electron chi connectivity index (χ0n) is 15.7. The van der Waals surface area contributed by atoms with E-state index in [1.165, 1.54) is 7.11 Å². The molecule has 0 aromatic heterocycles. The van der Waals surface area contributed by atoms with Crippen molar-refractivity contribution in [3.63, 3.8) is 0 Å². The second kappa shape index (κ2) is 13.1. The SMILES string of the molecule is CCC[CH2][Sn]([CH2]CCC)([CH2]CCC)/[C](F)=C(/OC)C(=O)OCC. The quantitative estimate of drug-likeness (QED) is 0.159. The molecule has 5 heteroatoms. The van der Waals surface area contributed by atoms with Crippen LogP contribution in [0.25, 0.3) is 0 Å². The summed E-state index contributed by atoms with van der Waals surface area (Å²) in [4.78, 5) is 12.1. The Hall–Kier alpha value is -0.261. The number of rotatable bonds is 13. The number of ether oxygens (including phenoxy) is 2. The van der Waals surface area contributed by atoms with Crippen molar-refractivity contribution in [2.24, 2.45) is 0 Å². The molecule has 0 aliphatic carbocycles. The van der Waals surface area contributed by atoms with Crippen LogP contribution < -0.4 is 0 Å². The van der Waals surface area contributed by atoms with Gasteiger partial charge in [-0.2, -0.15) is 0 Å². The summed E-state index contributed by atoms with van der Waals surface area (Å²) >= 11 is -3.25. The van der Waals surface area contributed by atoms with E-state index in [1.54, 1.807) is 6.92 Å². The molecular formula is C18H35FO3Sn. The monoisotopic (exact) mass is 438 g/mol. The van der Waals surface area contributed by atoms with E-state index in [1.807, 2.05) is 0 Å². The first-order chi connectivity index (χ1) is 11.0. The molecule has 0 bridgehead atoms. The molecule has 0 aromatic rings. The second-order valence-corrected chi connectivity index (χ2v) is 19.0. The standard InChI is InChI=1S/C6H8FO3.3C4H9.Sn/c1-3-10-6(8)5(4-7)9-2;3*1-3-4-2;/h3H2,1-2H3;3*1,3-4H2,2H3;. The van der Waals surface area contributed by atoms with Crippen molar-refractivity contribution in [2.75, 3.05) is 13.7 Å². The van der Waals surface area contributed by atoms with E-state index in [-0.39, 0.29) is 16.2 Å². The second-order valence-electron chi connectivity index (χ2n) is 6.16. The molecule has 0 saturated carbocycles. The van der Waals surface area contributed by atoms with Gasteiger partial charge in [0.1, 0.15) is 0 Å². The van der Waals surface area contributed by atoms with Gasteiger partial charge in [-0.25, -0.2) is 0 Å². The maximum absolute atomic E-state index is 15.5. The molecule has 0 spiro atoms. The molecule has 0 saturated heterocycles. The molecule has 0 aliphatic heterocycles. The Kier molecular flexibility index (Phi) is 12.9. The number of esters is 1.